The lowest BCUT2D eigenvalue weighted by Crippen LogP contribution is -2.21. The van der Waals surface area contributed by atoms with Gasteiger partial charge in [-0.15, -0.1) is 11.3 Å². The Morgan fingerprint density at radius 3 is 3.15 bits per heavy atom. The van der Waals surface area contributed by atoms with Gasteiger partial charge < -0.3 is 15.2 Å². The van der Waals surface area contributed by atoms with Gasteiger partial charge in [-0.1, -0.05) is 0 Å². The highest BCUT2D eigenvalue weighted by Gasteiger charge is 2.19. The highest BCUT2D eigenvalue weighted by molar-refractivity contribution is 7.09. The zero-order valence-electron chi connectivity index (χ0n) is 7.23. The molecule has 1 atom stereocenters. The smallest absolute Gasteiger partial charge is 0.132 e. The molecule has 1 unspecified atom stereocenters. The third-order valence-corrected chi connectivity index (χ3v) is 2.86. The molecule has 1 aliphatic heterocycles. The van der Waals surface area contributed by atoms with Gasteiger partial charge in [0.25, 0.3) is 0 Å². The van der Waals surface area contributed by atoms with Crippen LogP contribution in [0, 0.1) is 0 Å². The maximum atomic E-state index is 5.50. The van der Waals surface area contributed by atoms with Gasteiger partial charge in [0.1, 0.15) is 11.1 Å². The van der Waals surface area contributed by atoms with E-state index in [1.54, 1.807) is 11.3 Å². The molecule has 0 bridgehead atoms. The summed E-state index contributed by atoms with van der Waals surface area (Å²) in [5, 5.41) is 2.94. The molecule has 1 saturated heterocycles. The first-order valence-electron chi connectivity index (χ1n) is 4.24. The number of thiazole rings is 1. The molecule has 5 heteroatoms. The standard InChI is InChI=1S/C8H12N2O2S/c9-3-6-5-13-8(10-6)7-4-11-1-2-12-7/h5,7H,1-4,9H2. The third kappa shape index (κ3) is 2.05. The molecule has 0 saturated carbocycles. The molecule has 1 aromatic heterocycles. The summed E-state index contributed by atoms with van der Waals surface area (Å²) >= 11 is 1.58. The van der Waals surface area contributed by atoms with E-state index in [1.165, 1.54) is 0 Å². The van der Waals surface area contributed by atoms with Crippen molar-refractivity contribution in [2.24, 2.45) is 5.73 Å². The lowest BCUT2D eigenvalue weighted by Gasteiger charge is -2.20. The van der Waals surface area contributed by atoms with E-state index in [9.17, 15) is 0 Å². The Bertz CT molecular complexity index is 271. The number of ether oxygens (including phenoxy) is 2. The van der Waals surface area contributed by atoms with Crippen LogP contribution >= 0.6 is 11.3 Å². The van der Waals surface area contributed by atoms with Gasteiger partial charge in [-0.05, 0) is 0 Å². The molecular formula is C8H12N2O2S. The van der Waals surface area contributed by atoms with Gasteiger partial charge in [0.15, 0.2) is 0 Å². The van der Waals surface area contributed by atoms with Crippen LogP contribution in [0.25, 0.3) is 0 Å². The van der Waals surface area contributed by atoms with E-state index in [1.807, 2.05) is 5.38 Å². The second-order valence-corrected chi connectivity index (χ2v) is 3.71. The van der Waals surface area contributed by atoms with Crippen molar-refractivity contribution in [2.75, 3.05) is 19.8 Å². The van der Waals surface area contributed by atoms with Crippen LogP contribution in [-0.2, 0) is 16.0 Å². The Morgan fingerprint density at radius 1 is 1.62 bits per heavy atom. The van der Waals surface area contributed by atoms with Crippen LogP contribution in [0.2, 0.25) is 0 Å². The fraction of sp³-hybridized carbons (Fsp3) is 0.625. The van der Waals surface area contributed by atoms with Crippen LogP contribution in [0.3, 0.4) is 0 Å². The Hall–Kier alpha value is -0.490. The van der Waals surface area contributed by atoms with Crippen LogP contribution in [0.4, 0.5) is 0 Å². The number of hydrogen-bond acceptors (Lipinski definition) is 5. The summed E-state index contributed by atoms with van der Waals surface area (Å²) < 4.78 is 10.8. The topological polar surface area (TPSA) is 57.4 Å². The van der Waals surface area contributed by atoms with Gasteiger partial charge in [0.2, 0.25) is 0 Å². The van der Waals surface area contributed by atoms with Crippen molar-refractivity contribution < 1.29 is 9.47 Å². The van der Waals surface area contributed by atoms with Crippen molar-refractivity contribution in [2.45, 2.75) is 12.6 Å². The van der Waals surface area contributed by atoms with Gasteiger partial charge in [0, 0.05) is 11.9 Å². The fourth-order valence-electron chi connectivity index (χ4n) is 1.19. The zero-order chi connectivity index (χ0) is 9.10. The van der Waals surface area contributed by atoms with Gasteiger partial charge in [-0.3, -0.25) is 0 Å². The number of nitrogens with zero attached hydrogens (tertiary/aromatic N) is 1. The van der Waals surface area contributed by atoms with E-state index in [0.717, 1.165) is 10.7 Å². The lowest BCUT2D eigenvalue weighted by molar-refractivity contribution is -0.0902. The van der Waals surface area contributed by atoms with Crippen molar-refractivity contribution in [3.63, 3.8) is 0 Å². The monoisotopic (exact) mass is 200 g/mol. The SMILES string of the molecule is NCc1csc(C2COCCO2)n1. The molecule has 0 aromatic carbocycles. The molecule has 1 fully saturated rings. The zero-order valence-corrected chi connectivity index (χ0v) is 8.05. The summed E-state index contributed by atoms with van der Waals surface area (Å²) in [6.45, 7) is 2.44. The van der Waals surface area contributed by atoms with Crippen molar-refractivity contribution in [1.29, 1.82) is 0 Å². The molecule has 72 valence electrons. The van der Waals surface area contributed by atoms with Crippen molar-refractivity contribution in [3.05, 3.63) is 16.1 Å². The summed E-state index contributed by atoms with van der Waals surface area (Å²) in [5.74, 6) is 0. The molecule has 1 aromatic rings. The van der Waals surface area contributed by atoms with E-state index >= 15 is 0 Å². The summed E-state index contributed by atoms with van der Waals surface area (Å²) in [5.41, 5.74) is 6.39. The average molecular weight is 200 g/mol. The maximum Gasteiger partial charge on any atom is 0.132 e. The largest absolute Gasteiger partial charge is 0.376 e. The Kier molecular flexibility index (Phi) is 2.90. The molecule has 0 amide bonds. The molecular weight excluding hydrogens is 188 g/mol. The Balaban J connectivity index is 2.05. The van der Waals surface area contributed by atoms with Gasteiger partial charge in [-0.2, -0.15) is 0 Å². The van der Waals surface area contributed by atoms with Crippen LogP contribution in [0.5, 0.6) is 0 Å². The summed E-state index contributed by atoms with van der Waals surface area (Å²) in [6, 6.07) is 0. The number of rotatable bonds is 2. The quantitative estimate of drug-likeness (QED) is 0.763. The second-order valence-electron chi connectivity index (χ2n) is 2.82. The summed E-state index contributed by atoms with van der Waals surface area (Å²) in [6.07, 6.45) is 0.0130. The molecule has 1 aliphatic rings. The fourth-order valence-corrected chi connectivity index (χ4v) is 2.06. The third-order valence-electron chi connectivity index (χ3n) is 1.87. The minimum atomic E-state index is 0.0130. The first-order chi connectivity index (χ1) is 6.40. The molecule has 2 rings (SSSR count). The predicted molar refractivity (Wildman–Crippen MR) is 49.5 cm³/mol. The highest BCUT2D eigenvalue weighted by atomic mass is 32.1. The average Bonchev–Trinajstić information content (AvgIpc) is 2.67. The van der Waals surface area contributed by atoms with E-state index < -0.39 is 0 Å². The summed E-state index contributed by atoms with van der Waals surface area (Å²) in [7, 11) is 0. The Morgan fingerprint density at radius 2 is 2.54 bits per heavy atom. The number of hydrogen-bond donors (Lipinski definition) is 1. The van der Waals surface area contributed by atoms with Crippen LogP contribution in [0.15, 0.2) is 5.38 Å². The highest BCUT2D eigenvalue weighted by Crippen LogP contribution is 2.23. The van der Waals surface area contributed by atoms with Crippen molar-refractivity contribution in [1.82, 2.24) is 4.98 Å². The molecule has 4 nitrogen and oxygen atoms in total. The molecule has 0 spiro atoms. The lowest BCUT2D eigenvalue weighted by atomic mass is 10.3. The molecule has 0 aliphatic carbocycles. The van der Waals surface area contributed by atoms with Crippen LogP contribution < -0.4 is 5.73 Å². The van der Waals surface area contributed by atoms with E-state index in [2.05, 4.69) is 4.98 Å². The van der Waals surface area contributed by atoms with Gasteiger partial charge in [0.05, 0.1) is 25.5 Å². The van der Waals surface area contributed by atoms with Crippen molar-refractivity contribution in [3.8, 4) is 0 Å². The minimum Gasteiger partial charge on any atom is -0.376 e. The first-order valence-corrected chi connectivity index (χ1v) is 5.12. The van der Waals surface area contributed by atoms with Gasteiger partial charge >= 0.3 is 0 Å². The molecule has 2 N–H and O–H groups in total. The molecule has 2 heterocycles. The van der Waals surface area contributed by atoms with Gasteiger partial charge in [-0.25, -0.2) is 4.98 Å². The minimum absolute atomic E-state index is 0.0130. The van der Waals surface area contributed by atoms with E-state index in [-0.39, 0.29) is 6.10 Å². The normalized spacial score (nSPS) is 23.3. The molecule has 0 radical (unpaired) electrons. The molecule has 13 heavy (non-hydrogen) atoms. The van der Waals surface area contributed by atoms with E-state index in [0.29, 0.717) is 26.4 Å². The second kappa shape index (κ2) is 4.15. The predicted octanol–water partition coefficient (Wildman–Crippen LogP) is 0.690. The van der Waals surface area contributed by atoms with E-state index in [4.69, 9.17) is 15.2 Å². The maximum absolute atomic E-state index is 5.50. The Labute approximate surface area is 80.7 Å². The number of nitrogens with two attached hydrogens (primary N) is 1. The van der Waals surface area contributed by atoms with Crippen LogP contribution in [-0.4, -0.2) is 24.8 Å². The number of aromatic nitrogens is 1. The first kappa shape index (κ1) is 9.08. The summed E-state index contributed by atoms with van der Waals surface area (Å²) in [4.78, 5) is 4.34. The van der Waals surface area contributed by atoms with Crippen molar-refractivity contribution >= 4 is 11.3 Å². The van der Waals surface area contributed by atoms with Crippen LogP contribution in [0.1, 0.15) is 16.8 Å².